The summed E-state index contributed by atoms with van der Waals surface area (Å²) in [6, 6.07) is 8.23. The van der Waals surface area contributed by atoms with Crippen LogP contribution in [0.3, 0.4) is 0 Å². The summed E-state index contributed by atoms with van der Waals surface area (Å²) in [6.07, 6.45) is -3.93. The van der Waals surface area contributed by atoms with Crippen molar-refractivity contribution in [2.45, 2.75) is 19.0 Å². The zero-order valence-electron chi connectivity index (χ0n) is 13.0. The number of benzene rings is 2. The Bertz CT molecular complexity index is 753. The normalized spacial score (nSPS) is 11.3. The molecule has 134 valence electrons. The van der Waals surface area contributed by atoms with E-state index in [4.69, 9.17) is 27.9 Å². The second-order valence-corrected chi connectivity index (χ2v) is 5.91. The van der Waals surface area contributed by atoms with Crippen LogP contribution in [0.25, 0.3) is 0 Å². The Morgan fingerprint density at radius 3 is 2.32 bits per heavy atom. The number of alkyl halides is 3. The van der Waals surface area contributed by atoms with E-state index in [1.807, 2.05) is 0 Å². The van der Waals surface area contributed by atoms with E-state index in [0.717, 1.165) is 17.7 Å². The minimum absolute atomic E-state index is 0.0681. The molecule has 0 radical (unpaired) electrons. The SMILES string of the molecule is COC(=O)CCc1cccc(Oc2c(Cl)cc(C(F)(F)F)cc2Cl)c1. The van der Waals surface area contributed by atoms with Gasteiger partial charge in [0.05, 0.1) is 22.7 Å². The summed E-state index contributed by atoms with van der Waals surface area (Å²) in [6.45, 7) is 0. The first-order valence-electron chi connectivity index (χ1n) is 7.10. The van der Waals surface area contributed by atoms with Crippen molar-refractivity contribution in [3.8, 4) is 11.5 Å². The molecule has 0 aliphatic carbocycles. The Hall–Kier alpha value is -1.92. The van der Waals surface area contributed by atoms with E-state index in [-0.39, 0.29) is 28.2 Å². The zero-order valence-corrected chi connectivity index (χ0v) is 14.5. The minimum Gasteiger partial charge on any atom is -0.469 e. The van der Waals surface area contributed by atoms with Gasteiger partial charge in [-0.3, -0.25) is 4.79 Å². The Labute approximate surface area is 152 Å². The Kier molecular flexibility index (Phi) is 6.19. The number of esters is 1. The maximum Gasteiger partial charge on any atom is 0.416 e. The van der Waals surface area contributed by atoms with Crippen LogP contribution in [-0.2, 0) is 22.1 Å². The number of ether oxygens (including phenoxy) is 2. The molecule has 2 aromatic rings. The Balaban J connectivity index is 2.21. The molecule has 0 aliphatic heterocycles. The summed E-state index contributed by atoms with van der Waals surface area (Å²) in [5, 5.41) is -0.500. The molecule has 0 atom stereocenters. The van der Waals surface area contributed by atoms with E-state index < -0.39 is 11.7 Å². The van der Waals surface area contributed by atoms with Crippen molar-refractivity contribution >= 4 is 29.2 Å². The smallest absolute Gasteiger partial charge is 0.416 e. The summed E-state index contributed by atoms with van der Waals surface area (Å²) in [7, 11) is 1.30. The lowest BCUT2D eigenvalue weighted by molar-refractivity contribution is -0.140. The molecule has 0 saturated heterocycles. The molecule has 0 aromatic heterocycles. The highest BCUT2D eigenvalue weighted by Gasteiger charge is 2.32. The van der Waals surface area contributed by atoms with Crippen molar-refractivity contribution < 1.29 is 27.4 Å². The van der Waals surface area contributed by atoms with E-state index in [0.29, 0.717) is 12.2 Å². The van der Waals surface area contributed by atoms with Gasteiger partial charge >= 0.3 is 12.1 Å². The lowest BCUT2D eigenvalue weighted by atomic mass is 10.1. The monoisotopic (exact) mass is 392 g/mol. The van der Waals surface area contributed by atoms with Gasteiger partial charge in [-0.05, 0) is 36.2 Å². The maximum atomic E-state index is 12.7. The van der Waals surface area contributed by atoms with Gasteiger partial charge in [-0.25, -0.2) is 0 Å². The van der Waals surface area contributed by atoms with Gasteiger partial charge in [-0.2, -0.15) is 13.2 Å². The Morgan fingerprint density at radius 1 is 1.12 bits per heavy atom. The van der Waals surface area contributed by atoms with Crippen molar-refractivity contribution in [1.29, 1.82) is 0 Å². The van der Waals surface area contributed by atoms with Crippen LogP contribution in [0.1, 0.15) is 17.5 Å². The van der Waals surface area contributed by atoms with E-state index in [1.165, 1.54) is 7.11 Å². The van der Waals surface area contributed by atoms with Crippen LogP contribution in [0, 0.1) is 0 Å². The fourth-order valence-electron chi connectivity index (χ4n) is 2.05. The molecule has 0 fully saturated rings. The number of hydrogen-bond acceptors (Lipinski definition) is 3. The highest BCUT2D eigenvalue weighted by Crippen LogP contribution is 2.41. The molecule has 0 saturated carbocycles. The van der Waals surface area contributed by atoms with Crippen LogP contribution < -0.4 is 4.74 Å². The molecule has 0 amide bonds. The van der Waals surface area contributed by atoms with Crippen LogP contribution >= 0.6 is 23.2 Å². The predicted molar refractivity (Wildman–Crippen MR) is 88.3 cm³/mol. The average Bonchev–Trinajstić information content (AvgIpc) is 2.55. The molecule has 0 N–H and O–H groups in total. The average molecular weight is 393 g/mol. The Morgan fingerprint density at radius 2 is 1.76 bits per heavy atom. The third kappa shape index (κ3) is 5.28. The van der Waals surface area contributed by atoms with Crippen LogP contribution in [0.2, 0.25) is 10.0 Å². The van der Waals surface area contributed by atoms with E-state index in [2.05, 4.69) is 4.74 Å². The largest absolute Gasteiger partial charge is 0.469 e. The van der Waals surface area contributed by atoms with Crippen molar-refractivity contribution in [3.05, 3.63) is 57.6 Å². The molecule has 0 heterocycles. The second kappa shape index (κ2) is 7.97. The summed E-state index contributed by atoms with van der Waals surface area (Å²) in [5.74, 6) is -0.0764. The number of aryl methyl sites for hydroxylation is 1. The van der Waals surface area contributed by atoms with E-state index in [9.17, 15) is 18.0 Å². The lowest BCUT2D eigenvalue weighted by Crippen LogP contribution is -2.05. The van der Waals surface area contributed by atoms with Gasteiger partial charge in [-0.1, -0.05) is 35.3 Å². The number of hydrogen-bond donors (Lipinski definition) is 0. The van der Waals surface area contributed by atoms with Gasteiger partial charge in [0, 0.05) is 6.42 Å². The topological polar surface area (TPSA) is 35.5 Å². The molecule has 8 heteroatoms. The molecular formula is C17H13Cl2F3O3. The number of rotatable bonds is 5. The van der Waals surface area contributed by atoms with Crippen LogP contribution in [-0.4, -0.2) is 13.1 Å². The fourth-order valence-corrected chi connectivity index (χ4v) is 2.62. The van der Waals surface area contributed by atoms with Crippen molar-refractivity contribution in [2.75, 3.05) is 7.11 Å². The first-order valence-corrected chi connectivity index (χ1v) is 7.86. The maximum absolute atomic E-state index is 12.7. The van der Waals surface area contributed by atoms with Gasteiger partial charge in [-0.15, -0.1) is 0 Å². The standard InChI is InChI=1S/C17H13Cl2F3O3/c1-24-15(23)6-5-10-3-2-4-12(7-10)25-16-13(18)8-11(9-14(16)19)17(20,21)22/h2-4,7-9H,5-6H2,1H3. The minimum atomic E-state index is -4.56. The number of carbonyl (C=O) groups is 1. The molecule has 25 heavy (non-hydrogen) atoms. The van der Waals surface area contributed by atoms with Gasteiger partial charge in [0.1, 0.15) is 5.75 Å². The molecule has 0 aliphatic rings. The summed E-state index contributed by atoms with van der Waals surface area (Å²) >= 11 is 11.8. The number of halogens is 5. The van der Waals surface area contributed by atoms with Gasteiger partial charge in [0.25, 0.3) is 0 Å². The molecule has 0 spiro atoms. The molecule has 2 rings (SSSR count). The fraction of sp³-hybridized carbons (Fsp3) is 0.235. The van der Waals surface area contributed by atoms with Crippen LogP contribution in [0.5, 0.6) is 11.5 Å². The number of methoxy groups -OCH3 is 1. The first kappa shape index (κ1) is 19.4. The third-order valence-electron chi connectivity index (χ3n) is 3.29. The highest BCUT2D eigenvalue weighted by atomic mass is 35.5. The van der Waals surface area contributed by atoms with Crippen LogP contribution in [0.15, 0.2) is 36.4 Å². The highest BCUT2D eigenvalue weighted by molar-refractivity contribution is 6.37. The summed E-state index contributed by atoms with van der Waals surface area (Å²) in [5.41, 5.74) is -0.163. The summed E-state index contributed by atoms with van der Waals surface area (Å²) in [4.78, 5) is 11.2. The third-order valence-corrected chi connectivity index (χ3v) is 3.85. The molecular weight excluding hydrogens is 380 g/mol. The second-order valence-electron chi connectivity index (χ2n) is 5.09. The van der Waals surface area contributed by atoms with Gasteiger partial charge in [0.2, 0.25) is 0 Å². The number of carbonyl (C=O) groups excluding carboxylic acids is 1. The van der Waals surface area contributed by atoms with Crippen LogP contribution in [0.4, 0.5) is 13.2 Å². The zero-order chi connectivity index (χ0) is 18.6. The molecule has 2 aromatic carbocycles. The lowest BCUT2D eigenvalue weighted by Gasteiger charge is -2.13. The van der Waals surface area contributed by atoms with Crippen molar-refractivity contribution in [2.24, 2.45) is 0 Å². The van der Waals surface area contributed by atoms with E-state index >= 15 is 0 Å². The van der Waals surface area contributed by atoms with Gasteiger partial charge in [0.15, 0.2) is 5.75 Å². The summed E-state index contributed by atoms with van der Waals surface area (Å²) < 4.78 is 48.3. The van der Waals surface area contributed by atoms with Gasteiger partial charge < -0.3 is 9.47 Å². The van der Waals surface area contributed by atoms with E-state index in [1.54, 1.807) is 24.3 Å². The predicted octanol–water partition coefficient (Wildman–Crippen LogP) is 5.91. The van der Waals surface area contributed by atoms with Crippen molar-refractivity contribution in [1.82, 2.24) is 0 Å². The molecule has 0 unspecified atom stereocenters. The molecule has 0 bridgehead atoms. The first-order chi connectivity index (χ1) is 11.7. The molecule has 3 nitrogen and oxygen atoms in total. The quantitative estimate of drug-likeness (QED) is 0.593. The van der Waals surface area contributed by atoms with Crippen molar-refractivity contribution in [3.63, 3.8) is 0 Å².